The number of rotatable bonds is 2. The van der Waals surface area contributed by atoms with Crippen LogP contribution in [-0.2, 0) is 6.42 Å². The van der Waals surface area contributed by atoms with E-state index in [1.807, 2.05) is 12.1 Å². The van der Waals surface area contributed by atoms with Gasteiger partial charge in [-0.2, -0.15) is 0 Å². The number of fused-ring (bicyclic) bond motifs is 1. The summed E-state index contributed by atoms with van der Waals surface area (Å²) >= 11 is 0. The van der Waals surface area contributed by atoms with Gasteiger partial charge < -0.3 is 5.32 Å². The highest BCUT2D eigenvalue weighted by Crippen LogP contribution is 2.30. The lowest BCUT2D eigenvalue weighted by Gasteiger charge is -2.26. The molecular formula is C17H12F5NO. The minimum atomic E-state index is -2.29. The van der Waals surface area contributed by atoms with E-state index in [4.69, 9.17) is 0 Å². The zero-order valence-corrected chi connectivity index (χ0v) is 12.3. The van der Waals surface area contributed by atoms with E-state index in [1.165, 1.54) is 0 Å². The number of aryl methyl sites for hydroxylation is 1. The summed E-state index contributed by atoms with van der Waals surface area (Å²) in [6.45, 7) is 0. The van der Waals surface area contributed by atoms with E-state index in [0.717, 1.165) is 24.0 Å². The van der Waals surface area contributed by atoms with Crippen LogP contribution in [0.25, 0.3) is 0 Å². The fourth-order valence-electron chi connectivity index (χ4n) is 2.94. The maximum atomic E-state index is 13.7. The summed E-state index contributed by atoms with van der Waals surface area (Å²) in [6.07, 6.45) is 2.04. The average molecular weight is 341 g/mol. The quantitative estimate of drug-likeness (QED) is 0.495. The van der Waals surface area contributed by atoms with Crippen LogP contribution in [0, 0.1) is 29.1 Å². The maximum Gasteiger partial charge on any atom is 0.257 e. The molecule has 0 aliphatic heterocycles. The second kappa shape index (κ2) is 6.22. The number of carbonyl (C=O) groups excluding carboxylic acids is 1. The molecule has 0 spiro atoms. The highest BCUT2D eigenvalue weighted by Gasteiger charge is 2.31. The number of nitrogens with one attached hydrogen (secondary N) is 1. The van der Waals surface area contributed by atoms with Crippen LogP contribution in [0.5, 0.6) is 0 Å². The molecule has 0 saturated carbocycles. The van der Waals surface area contributed by atoms with Crippen molar-refractivity contribution in [3.63, 3.8) is 0 Å². The normalized spacial score (nSPS) is 16.6. The molecule has 1 N–H and O–H groups in total. The van der Waals surface area contributed by atoms with E-state index in [0.29, 0.717) is 6.42 Å². The van der Waals surface area contributed by atoms with Gasteiger partial charge in [0.2, 0.25) is 5.82 Å². The lowest BCUT2D eigenvalue weighted by atomic mass is 9.87. The van der Waals surface area contributed by atoms with Gasteiger partial charge in [-0.05, 0) is 30.4 Å². The molecular weight excluding hydrogens is 329 g/mol. The van der Waals surface area contributed by atoms with Crippen molar-refractivity contribution in [2.75, 3.05) is 0 Å². The van der Waals surface area contributed by atoms with Crippen LogP contribution in [-0.4, -0.2) is 5.91 Å². The number of carbonyl (C=O) groups is 1. The van der Waals surface area contributed by atoms with Crippen molar-refractivity contribution in [3.05, 3.63) is 70.0 Å². The molecule has 1 amide bonds. The Morgan fingerprint density at radius 1 is 0.917 bits per heavy atom. The predicted octanol–water partition coefficient (Wildman–Crippen LogP) is 4.19. The van der Waals surface area contributed by atoms with E-state index in [9.17, 15) is 26.7 Å². The topological polar surface area (TPSA) is 29.1 Å². The molecule has 1 atom stereocenters. The predicted molar refractivity (Wildman–Crippen MR) is 75.8 cm³/mol. The minimum Gasteiger partial charge on any atom is -0.345 e. The van der Waals surface area contributed by atoms with Crippen molar-refractivity contribution in [2.24, 2.45) is 0 Å². The van der Waals surface area contributed by atoms with Gasteiger partial charge in [0.05, 0.1) is 6.04 Å². The van der Waals surface area contributed by atoms with E-state index in [2.05, 4.69) is 5.32 Å². The molecule has 2 nitrogen and oxygen atoms in total. The van der Waals surface area contributed by atoms with Gasteiger partial charge >= 0.3 is 0 Å². The lowest BCUT2D eigenvalue weighted by Crippen LogP contribution is -2.32. The molecule has 1 aliphatic rings. The van der Waals surface area contributed by atoms with E-state index in [1.54, 1.807) is 12.1 Å². The van der Waals surface area contributed by atoms with Gasteiger partial charge in [-0.25, -0.2) is 22.0 Å². The Kier molecular flexibility index (Phi) is 4.26. The van der Waals surface area contributed by atoms with E-state index in [-0.39, 0.29) is 0 Å². The van der Waals surface area contributed by atoms with Crippen LogP contribution in [0.4, 0.5) is 22.0 Å². The summed E-state index contributed by atoms with van der Waals surface area (Å²) in [5.41, 5.74) is 0.293. The van der Waals surface area contributed by atoms with Crippen LogP contribution in [0.15, 0.2) is 24.3 Å². The van der Waals surface area contributed by atoms with Gasteiger partial charge in [0.15, 0.2) is 23.3 Å². The first-order valence-corrected chi connectivity index (χ1v) is 7.32. The summed E-state index contributed by atoms with van der Waals surface area (Å²) in [5.74, 6) is -12.2. The van der Waals surface area contributed by atoms with Crippen molar-refractivity contribution in [2.45, 2.75) is 25.3 Å². The first kappa shape index (κ1) is 16.4. The molecule has 7 heteroatoms. The molecule has 0 saturated heterocycles. The average Bonchev–Trinajstić information content (AvgIpc) is 2.59. The standard InChI is InChI=1S/C17H12F5NO/c18-12-11(13(19)15(21)16(22)14(12)20)17(24)23-10-7-3-5-8-4-1-2-6-9(8)10/h1-2,4,6,10H,3,5,7H2,(H,23,24). The fraction of sp³-hybridized carbons (Fsp3) is 0.235. The van der Waals surface area contributed by atoms with Crippen LogP contribution in [0.2, 0.25) is 0 Å². The molecule has 0 heterocycles. The molecule has 0 bridgehead atoms. The molecule has 1 unspecified atom stereocenters. The Labute approximate surface area is 134 Å². The van der Waals surface area contributed by atoms with Crippen molar-refractivity contribution in [3.8, 4) is 0 Å². The number of hydrogen-bond acceptors (Lipinski definition) is 1. The third-order valence-corrected chi connectivity index (χ3v) is 4.11. The summed E-state index contributed by atoms with van der Waals surface area (Å²) in [7, 11) is 0. The Morgan fingerprint density at radius 2 is 1.50 bits per heavy atom. The molecule has 3 rings (SSSR count). The largest absolute Gasteiger partial charge is 0.345 e. The fourth-order valence-corrected chi connectivity index (χ4v) is 2.94. The molecule has 24 heavy (non-hydrogen) atoms. The third-order valence-electron chi connectivity index (χ3n) is 4.11. The van der Waals surface area contributed by atoms with Gasteiger partial charge in [0.1, 0.15) is 5.56 Å². The molecule has 0 fully saturated rings. The van der Waals surface area contributed by atoms with Crippen molar-refractivity contribution in [1.29, 1.82) is 0 Å². The Bertz CT molecular complexity index is 792. The van der Waals surface area contributed by atoms with Crippen LogP contribution >= 0.6 is 0 Å². The van der Waals surface area contributed by atoms with Crippen LogP contribution in [0.1, 0.15) is 40.4 Å². The zero-order valence-electron chi connectivity index (χ0n) is 12.3. The minimum absolute atomic E-state index is 0.512. The summed E-state index contributed by atoms with van der Waals surface area (Å²) in [5, 5.41) is 2.37. The summed E-state index contributed by atoms with van der Waals surface area (Å²) in [4.78, 5) is 12.1. The number of halogens is 5. The van der Waals surface area contributed by atoms with Crippen molar-refractivity contribution >= 4 is 5.91 Å². The smallest absolute Gasteiger partial charge is 0.257 e. The Balaban J connectivity index is 1.95. The summed E-state index contributed by atoms with van der Waals surface area (Å²) in [6, 6.07) is 6.66. The second-order valence-corrected chi connectivity index (χ2v) is 5.56. The summed E-state index contributed by atoms with van der Waals surface area (Å²) < 4.78 is 67.0. The molecule has 1 aliphatic carbocycles. The molecule has 126 valence electrons. The highest BCUT2D eigenvalue weighted by molar-refractivity contribution is 5.95. The second-order valence-electron chi connectivity index (χ2n) is 5.56. The Hall–Kier alpha value is -2.44. The van der Waals surface area contributed by atoms with E-state index >= 15 is 0 Å². The first-order valence-electron chi connectivity index (χ1n) is 7.32. The lowest BCUT2D eigenvalue weighted by molar-refractivity contribution is 0.0921. The van der Waals surface area contributed by atoms with Gasteiger partial charge in [-0.1, -0.05) is 24.3 Å². The van der Waals surface area contributed by atoms with Gasteiger partial charge in [-0.3, -0.25) is 4.79 Å². The Morgan fingerprint density at radius 3 is 2.17 bits per heavy atom. The van der Waals surface area contributed by atoms with Gasteiger partial charge in [-0.15, -0.1) is 0 Å². The van der Waals surface area contributed by atoms with Crippen LogP contribution in [0.3, 0.4) is 0 Å². The number of hydrogen-bond donors (Lipinski definition) is 1. The molecule has 2 aromatic rings. The number of benzene rings is 2. The zero-order chi connectivity index (χ0) is 17.4. The molecule has 2 aromatic carbocycles. The third kappa shape index (κ3) is 2.64. The molecule has 0 radical (unpaired) electrons. The van der Waals surface area contributed by atoms with Crippen LogP contribution < -0.4 is 5.32 Å². The van der Waals surface area contributed by atoms with Crippen molar-refractivity contribution < 1.29 is 26.7 Å². The number of amides is 1. The highest BCUT2D eigenvalue weighted by atomic mass is 19.2. The van der Waals surface area contributed by atoms with Gasteiger partial charge in [0, 0.05) is 0 Å². The molecule has 0 aromatic heterocycles. The SMILES string of the molecule is O=C(NC1CCCc2ccccc21)c1c(F)c(F)c(F)c(F)c1F. The maximum absolute atomic E-state index is 13.7. The van der Waals surface area contributed by atoms with Crippen molar-refractivity contribution in [1.82, 2.24) is 5.32 Å². The van der Waals surface area contributed by atoms with Gasteiger partial charge in [0.25, 0.3) is 5.91 Å². The van der Waals surface area contributed by atoms with E-state index < -0.39 is 46.6 Å². The monoisotopic (exact) mass is 341 g/mol. The first-order chi connectivity index (χ1) is 11.4.